The van der Waals surface area contributed by atoms with Gasteiger partial charge in [0.15, 0.2) is 0 Å². The minimum Gasteiger partial charge on any atom is -0.480 e. The monoisotopic (exact) mass is 216 g/mol. The normalized spacial score (nSPS) is 20.1. The van der Waals surface area contributed by atoms with Crippen molar-refractivity contribution in [3.63, 3.8) is 0 Å². The Bertz CT molecular complexity index is 257. The summed E-state index contributed by atoms with van der Waals surface area (Å²) in [5.74, 6) is -1.60. The maximum atomic E-state index is 11.7. The first-order valence-electron chi connectivity index (χ1n) is 4.90. The highest BCUT2D eigenvalue weighted by atomic mass is 16.4. The maximum Gasteiger partial charge on any atom is 0.328 e. The number of amides is 1. The number of carboxylic acid groups (broad SMARTS) is 1. The van der Waals surface area contributed by atoms with Crippen molar-refractivity contribution in [2.75, 3.05) is 13.2 Å². The Kier molecular flexibility index (Phi) is 3.65. The first-order valence-corrected chi connectivity index (χ1v) is 4.90. The molecule has 1 saturated carbocycles. The second-order valence-electron chi connectivity index (χ2n) is 3.88. The van der Waals surface area contributed by atoms with E-state index in [2.05, 4.69) is 5.32 Å². The molecule has 0 aromatic heterocycles. The molecule has 0 heterocycles. The van der Waals surface area contributed by atoms with E-state index >= 15 is 0 Å². The molecule has 1 atom stereocenters. The van der Waals surface area contributed by atoms with Crippen molar-refractivity contribution in [1.82, 2.24) is 5.32 Å². The predicted octanol–water partition coefficient (Wildman–Crippen LogP) is -1.32. The number of rotatable bonds is 5. The van der Waals surface area contributed by atoms with Gasteiger partial charge in [0.05, 0.1) is 12.0 Å². The average molecular weight is 216 g/mol. The lowest BCUT2D eigenvalue weighted by molar-refractivity contribution is -0.146. The first kappa shape index (κ1) is 11.9. The summed E-state index contributed by atoms with van der Waals surface area (Å²) in [4.78, 5) is 22.3. The molecule has 0 radical (unpaired) electrons. The molecule has 1 aliphatic carbocycles. The quantitative estimate of drug-likeness (QED) is 0.455. The van der Waals surface area contributed by atoms with Crippen LogP contribution in [0.2, 0.25) is 0 Å². The highest BCUT2D eigenvalue weighted by molar-refractivity contribution is 5.88. The number of carbonyl (C=O) groups is 2. The van der Waals surface area contributed by atoms with Crippen molar-refractivity contribution >= 4 is 11.9 Å². The molecule has 1 fully saturated rings. The molecule has 86 valence electrons. The van der Waals surface area contributed by atoms with E-state index in [9.17, 15) is 9.59 Å². The zero-order valence-corrected chi connectivity index (χ0v) is 8.40. The van der Waals surface area contributed by atoms with Crippen LogP contribution < -0.4 is 11.1 Å². The van der Waals surface area contributed by atoms with Crippen LogP contribution in [0.4, 0.5) is 0 Å². The summed E-state index contributed by atoms with van der Waals surface area (Å²) >= 11 is 0. The average Bonchev–Trinajstić information content (AvgIpc) is 2.12. The largest absolute Gasteiger partial charge is 0.480 e. The second-order valence-corrected chi connectivity index (χ2v) is 3.88. The van der Waals surface area contributed by atoms with E-state index in [0.717, 1.165) is 6.42 Å². The molecule has 0 bridgehead atoms. The molecule has 1 amide bonds. The molecule has 0 aliphatic heterocycles. The highest BCUT2D eigenvalue weighted by Crippen LogP contribution is 2.40. The fraction of sp³-hybridized carbons (Fsp3) is 0.778. The van der Waals surface area contributed by atoms with Crippen LogP contribution in [0.1, 0.15) is 19.3 Å². The van der Waals surface area contributed by atoms with E-state index in [1.54, 1.807) is 0 Å². The number of aliphatic carboxylic acids is 1. The zero-order valence-electron chi connectivity index (χ0n) is 8.40. The Morgan fingerprint density at radius 2 is 2.07 bits per heavy atom. The van der Waals surface area contributed by atoms with E-state index in [-0.39, 0.29) is 12.5 Å². The van der Waals surface area contributed by atoms with E-state index in [0.29, 0.717) is 12.8 Å². The summed E-state index contributed by atoms with van der Waals surface area (Å²) < 4.78 is 0. The van der Waals surface area contributed by atoms with Crippen LogP contribution in [-0.4, -0.2) is 41.3 Å². The summed E-state index contributed by atoms with van der Waals surface area (Å²) in [6.07, 6.45) is 2.31. The van der Waals surface area contributed by atoms with Gasteiger partial charge in [-0.3, -0.25) is 4.79 Å². The van der Waals surface area contributed by atoms with Crippen LogP contribution in [0.25, 0.3) is 0 Å². The van der Waals surface area contributed by atoms with Gasteiger partial charge in [-0.1, -0.05) is 6.42 Å². The number of aliphatic hydroxyl groups is 1. The standard InChI is InChI=1S/C9H16N2O4/c10-5-9(2-1-3-9)8(15)11-6(4-12)7(13)14/h6,12H,1-5,10H2,(H,11,15)(H,13,14). The number of aliphatic hydroxyl groups excluding tert-OH is 1. The van der Waals surface area contributed by atoms with Gasteiger partial charge in [0, 0.05) is 6.54 Å². The molecule has 6 nitrogen and oxygen atoms in total. The Labute approximate surface area is 87.5 Å². The van der Waals surface area contributed by atoms with Gasteiger partial charge >= 0.3 is 5.97 Å². The van der Waals surface area contributed by atoms with Gasteiger partial charge in [0.1, 0.15) is 6.04 Å². The van der Waals surface area contributed by atoms with Gasteiger partial charge in [-0.05, 0) is 12.8 Å². The Hall–Kier alpha value is -1.14. The van der Waals surface area contributed by atoms with Crippen LogP contribution in [0, 0.1) is 5.41 Å². The minimum atomic E-state index is -1.24. The van der Waals surface area contributed by atoms with Gasteiger partial charge in [-0.15, -0.1) is 0 Å². The van der Waals surface area contributed by atoms with E-state index in [1.165, 1.54) is 0 Å². The molecule has 6 heteroatoms. The lowest BCUT2D eigenvalue weighted by Crippen LogP contribution is -2.55. The van der Waals surface area contributed by atoms with Crippen LogP contribution in [0.15, 0.2) is 0 Å². The summed E-state index contributed by atoms with van der Waals surface area (Å²) in [7, 11) is 0. The van der Waals surface area contributed by atoms with Crippen molar-refractivity contribution < 1.29 is 19.8 Å². The second kappa shape index (κ2) is 4.59. The fourth-order valence-electron chi connectivity index (χ4n) is 1.62. The first-order chi connectivity index (χ1) is 7.05. The summed E-state index contributed by atoms with van der Waals surface area (Å²) in [6, 6.07) is -1.23. The third-order valence-corrected chi connectivity index (χ3v) is 2.97. The lowest BCUT2D eigenvalue weighted by Gasteiger charge is -2.39. The van der Waals surface area contributed by atoms with Gasteiger partial charge in [-0.25, -0.2) is 4.79 Å². The van der Waals surface area contributed by atoms with Crippen LogP contribution in [0.5, 0.6) is 0 Å². The summed E-state index contributed by atoms with van der Waals surface area (Å²) in [6.45, 7) is -0.391. The van der Waals surface area contributed by atoms with E-state index < -0.39 is 24.0 Å². The van der Waals surface area contributed by atoms with Crippen molar-refractivity contribution in [3.05, 3.63) is 0 Å². The molecule has 5 N–H and O–H groups in total. The Balaban J connectivity index is 2.57. The van der Waals surface area contributed by atoms with E-state index in [1.807, 2.05) is 0 Å². The van der Waals surface area contributed by atoms with E-state index in [4.69, 9.17) is 15.9 Å². The van der Waals surface area contributed by atoms with Crippen molar-refractivity contribution in [3.8, 4) is 0 Å². The van der Waals surface area contributed by atoms with Crippen LogP contribution >= 0.6 is 0 Å². The highest BCUT2D eigenvalue weighted by Gasteiger charge is 2.43. The molecule has 1 rings (SSSR count). The molecule has 0 spiro atoms. The molecule has 0 saturated heterocycles. The number of carbonyl (C=O) groups excluding carboxylic acids is 1. The lowest BCUT2D eigenvalue weighted by atomic mass is 9.68. The zero-order chi connectivity index (χ0) is 11.5. The molecule has 1 aliphatic rings. The number of nitrogens with one attached hydrogen (secondary N) is 1. The number of nitrogens with two attached hydrogens (primary N) is 1. The smallest absolute Gasteiger partial charge is 0.328 e. The predicted molar refractivity (Wildman–Crippen MR) is 52.0 cm³/mol. The van der Waals surface area contributed by atoms with Gasteiger partial charge in [0.2, 0.25) is 5.91 Å². The fourth-order valence-corrected chi connectivity index (χ4v) is 1.62. The summed E-state index contributed by atoms with van der Waals surface area (Å²) in [5, 5.41) is 19.7. The number of carboxylic acids is 1. The van der Waals surface area contributed by atoms with Gasteiger partial charge < -0.3 is 21.3 Å². The van der Waals surface area contributed by atoms with Crippen LogP contribution in [0.3, 0.4) is 0 Å². The summed E-state index contributed by atoms with van der Waals surface area (Å²) in [5.41, 5.74) is 4.88. The minimum absolute atomic E-state index is 0.219. The molecular formula is C9H16N2O4. The van der Waals surface area contributed by atoms with Crippen molar-refractivity contribution in [2.45, 2.75) is 25.3 Å². The van der Waals surface area contributed by atoms with Gasteiger partial charge in [-0.2, -0.15) is 0 Å². The third kappa shape index (κ3) is 2.27. The van der Waals surface area contributed by atoms with Crippen molar-refractivity contribution in [2.24, 2.45) is 11.1 Å². The molecule has 1 unspecified atom stereocenters. The number of hydrogen-bond acceptors (Lipinski definition) is 4. The topological polar surface area (TPSA) is 113 Å². The molecule has 15 heavy (non-hydrogen) atoms. The molecule has 0 aromatic rings. The Morgan fingerprint density at radius 1 is 1.47 bits per heavy atom. The Morgan fingerprint density at radius 3 is 2.33 bits per heavy atom. The number of hydrogen-bond donors (Lipinski definition) is 4. The van der Waals surface area contributed by atoms with Crippen molar-refractivity contribution in [1.29, 1.82) is 0 Å². The molecular weight excluding hydrogens is 200 g/mol. The SMILES string of the molecule is NCC1(C(=O)NC(CO)C(=O)O)CCC1. The maximum absolute atomic E-state index is 11.7. The van der Waals surface area contributed by atoms with Crippen LogP contribution in [-0.2, 0) is 9.59 Å². The third-order valence-electron chi connectivity index (χ3n) is 2.97. The molecule has 0 aromatic carbocycles. The van der Waals surface area contributed by atoms with Gasteiger partial charge in [0.25, 0.3) is 0 Å².